The zero-order valence-corrected chi connectivity index (χ0v) is 14.3. The van der Waals surface area contributed by atoms with Gasteiger partial charge in [-0.2, -0.15) is 0 Å². The van der Waals surface area contributed by atoms with Crippen molar-refractivity contribution in [3.8, 4) is 0 Å². The third-order valence-corrected chi connectivity index (χ3v) is 4.83. The van der Waals surface area contributed by atoms with Crippen molar-refractivity contribution in [3.05, 3.63) is 53.1 Å². The van der Waals surface area contributed by atoms with Crippen LogP contribution in [0.1, 0.15) is 65.8 Å². The minimum Gasteiger partial charge on any atom is -0.478 e. The first-order chi connectivity index (χ1) is 11.6. The molecule has 0 saturated carbocycles. The monoisotopic (exact) mass is 327 g/mol. The average molecular weight is 327 g/mol. The summed E-state index contributed by atoms with van der Waals surface area (Å²) in [4.78, 5) is 15.5. The van der Waals surface area contributed by atoms with Crippen molar-refractivity contribution in [2.45, 2.75) is 51.6 Å². The Hall–Kier alpha value is -2.14. The van der Waals surface area contributed by atoms with Gasteiger partial charge in [-0.25, -0.2) is 9.78 Å². The number of carboxylic acid groups (broad SMARTS) is 1. The number of carbonyl (C=O) groups is 1. The van der Waals surface area contributed by atoms with E-state index in [1.807, 2.05) is 24.7 Å². The number of benzene rings is 1. The Morgan fingerprint density at radius 3 is 3.04 bits per heavy atom. The molecule has 0 fully saturated rings. The van der Waals surface area contributed by atoms with E-state index in [1.165, 1.54) is 16.8 Å². The Balaban J connectivity index is 1.68. The normalized spacial score (nSPS) is 17.0. The topological polar surface area (TPSA) is 67.2 Å². The smallest absolute Gasteiger partial charge is 0.335 e. The molecule has 2 aromatic rings. The van der Waals surface area contributed by atoms with Crippen LogP contribution in [0.15, 0.2) is 30.7 Å². The predicted octanol–water partition coefficient (Wildman–Crippen LogP) is 3.37. The molecule has 1 aromatic carbocycles. The van der Waals surface area contributed by atoms with E-state index in [4.69, 9.17) is 0 Å². The number of nitrogens with zero attached hydrogens (tertiary/aromatic N) is 2. The Labute approximate surface area is 142 Å². The number of nitrogens with one attached hydrogen (secondary N) is 1. The lowest BCUT2D eigenvalue weighted by atomic mass is 9.82. The van der Waals surface area contributed by atoms with E-state index >= 15 is 0 Å². The third kappa shape index (κ3) is 3.51. The zero-order valence-electron chi connectivity index (χ0n) is 14.3. The second-order valence-corrected chi connectivity index (χ2v) is 6.82. The van der Waals surface area contributed by atoms with E-state index < -0.39 is 5.97 Å². The Morgan fingerprint density at radius 1 is 1.46 bits per heavy atom. The lowest BCUT2D eigenvalue weighted by molar-refractivity contribution is 0.0696. The van der Waals surface area contributed by atoms with Crippen LogP contribution in [0, 0.1) is 0 Å². The summed E-state index contributed by atoms with van der Waals surface area (Å²) in [7, 11) is 0. The molecule has 0 radical (unpaired) electrons. The van der Waals surface area contributed by atoms with Gasteiger partial charge in [0.15, 0.2) is 0 Å². The standard InChI is InChI=1S/C19H25N3O2/c1-13(2)22-12-21-11-17(22)10-20-9-16-5-3-4-14-6-7-15(19(23)24)8-18(14)16/h6-8,11-13,16,20H,3-5,9-10H2,1-2H3,(H,23,24). The molecule has 1 unspecified atom stereocenters. The molecule has 2 N–H and O–H groups in total. The van der Waals surface area contributed by atoms with Gasteiger partial charge in [0.1, 0.15) is 0 Å². The van der Waals surface area contributed by atoms with Crippen molar-refractivity contribution in [3.63, 3.8) is 0 Å². The summed E-state index contributed by atoms with van der Waals surface area (Å²) < 4.78 is 2.17. The van der Waals surface area contributed by atoms with Gasteiger partial charge < -0.3 is 15.0 Å². The van der Waals surface area contributed by atoms with Gasteiger partial charge in [0.2, 0.25) is 0 Å². The maximum absolute atomic E-state index is 11.2. The summed E-state index contributed by atoms with van der Waals surface area (Å²) in [5.74, 6) is -0.473. The number of aromatic nitrogens is 2. The molecule has 128 valence electrons. The fourth-order valence-electron chi connectivity index (χ4n) is 3.55. The summed E-state index contributed by atoms with van der Waals surface area (Å²) in [6.45, 7) is 5.94. The van der Waals surface area contributed by atoms with Gasteiger partial charge in [0, 0.05) is 25.3 Å². The summed E-state index contributed by atoms with van der Waals surface area (Å²) in [6, 6.07) is 5.97. The van der Waals surface area contributed by atoms with Gasteiger partial charge in [0.25, 0.3) is 0 Å². The number of fused-ring (bicyclic) bond motifs is 1. The molecule has 0 saturated heterocycles. The second-order valence-electron chi connectivity index (χ2n) is 6.82. The van der Waals surface area contributed by atoms with Crippen LogP contribution in [0.2, 0.25) is 0 Å². The molecule has 24 heavy (non-hydrogen) atoms. The number of imidazole rings is 1. The van der Waals surface area contributed by atoms with Crippen molar-refractivity contribution < 1.29 is 9.90 Å². The summed E-state index contributed by atoms with van der Waals surface area (Å²) in [5, 5.41) is 12.8. The molecule has 1 heterocycles. The van der Waals surface area contributed by atoms with Gasteiger partial charge in [-0.05, 0) is 62.3 Å². The van der Waals surface area contributed by atoms with Crippen molar-refractivity contribution in [1.82, 2.24) is 14.9 Å². The number of rotatable bonds is 6. The molecule has 0 amide bonds. The highest BCUT2D eigenvalue weighted by atomic mass is 16.4. The molecular formula is C19H25N3O2. The molecule has 1 aliphatic rings. The van der Waals surface area contributed by atoms with Crippen molar-refractivity contribution in [1.29, 1.82) is 0 Å². The van der Waals surface area contributed by atoms with Crippen LogP contribution in [0.4, 0.5) is 0 Å². The molecular weight excluding hydrogens is 302 g/mol. The minimum absolute atomic E-state index is 0.378. The van der Waals surface area contributed by atoms with Gasteiger partial charge in [-0.15, -0.1) is 0 Å². The molecule has 5 nitrogen and oxygen atoms in total. The summed E-state index contributed by atoms with van der Waals surface area (Å²) in [5.41, 5.74) is 4.06. The summed E-state index contributed by atoms with van der Waals surface area (Å²) in [6.07, 6.45) is 7.09. The third-order valence-electron chi connectivity index (χ3n) is 4.83. The number of carboxylic acids is 1. The molecule has 1 aromatic heterocycles. The number of hydrogen-bond acceptors (Lipinski definition) is 3. The summed E-state index contributed by atoms with van der Waals surface area (Å²) >= 11 is 0. The quantitative estimate of drug-likeness (QED) is 0.853. The van der Waals surface area contributed by atoms with E-state index in [2.05, 4.69) is 28.7 Å². The van der Waals surface area contributed by atoms with E-state index in [0.717, 1.165) is 32.4 Å². The lowest BCUT2D eigenvalue weighted by Gasteiger charge is -2.26. The van der Waals surface area contributed by atoms with Gasteiger partial charge in [-0.1, -0.05) is 6.07 Å². The Morgan fingerprint density at radius 2 is 2.29 bits per heavy atom. The Kier molecular flexibility index (Phi) is 5.00. The molecule has 1 atom stereocenters. The van der Waals surface area contributed by atoms with Crippen molar-refractivity contribution in [2.75, 3.05) is 6.54 Å². The van der Waals surface area contributed by atoms with Crippen LogP contribution in [0.5, 0.6) is 0 Å². The maximum atomic E-state index is 11.2. The predicted molar refractivity (Wildman–Crippen MR) is 93.4 cm³/mol. The zero-order chi connectivity index (χ0) is 17.1. The SMILES string of the molecule is CC(C)n1cncc1CNCC1CCCc2ccc(C(=O)O)cc21. The number of aromatic carboxylic acids is 1. The Bertz CT molecular complexity index is 721. The van der Waals surface area contributed by atoms with Crippen molar-refractivity contribution in [2.24, 2.45) is 0 Å². The highest BCUT2D eigenvalue weighted by Gasteiger charge is 2.21. The average Bonchev–Trinajstić information content (AvgIpc) is 3.03. The number of aryl methyl sites for hydroxylation is 1. The van der Waals surface area contributed by atoms with Crippen molar-refractivity contribution >= 4 is 5.97 Å². The lowest BCUT2D eigenvalue weighted by Crippen LogP contribution is -2.25. The molecule has 3 rings (SSSR count). The van der Waals surface area contributed by atoms with Crippen LogP contribution >= 0.6 is 0 Å². The number of hydrogen-bond donors (Lipinski definition) is 2. The van der Waals surface area contributed by atoms with E-state index in [-0.39, 0.29) is 0 Å². The van der Waals surface area contributed by atoms with Gasteiger partial charge >= 0.3 is 5.97 Å². The van der Waals surface area contributed by atoms with Gasteiger partial charge in [-0.3, -0.25) is 0 Å². The fraction of sp³-hybridized carbons (Fsp3) is 0.474. The van der Waals surface area contributed by atoms with Crippen LogP contribution < -0.4 is 5.32 Å². The maximum Gasteiger partial charge on any atom is 0.335 e. The first-order valence-corrected chi connectivity index (χ1v) is 8.63. The van der Waals surface area contributed by atoms with Crippen LogP contribution in [0.25, 0.3) is 0 Å². The molecule has 5 heteroatoms. The minimum atomic E-state index is -0.851. The highest BCUT2D eigenvalue weighted by Crippen LogP contribution is 2.32. The second kappa shape index (κ2) is 7.18. The van der Waals surface area contributed by atoms with Crippen LogP contribution in [-0.4, -0.2) is 27.2 Å². The molecule has 0 bridgehead atoms. The largest absolute Gasteiger partial charge is 0.478 e. The van der Waals surface area contributed by atoms with E-state index in [9.17, 15) is 9.90 Å². The first-order valence-electron chi connectivity index (χ1n) is 8.63. The highest BCUT2D eigenvalue weighted by molar-refractivity contribution is 5.88. The van der Waals surface area contributed by atoms with E-state index in [0.29, 0.717) is 17.5 Å². The van der Waals surface area contributed by atoms with Gasteiger partial charge in [0.05, 0.1) is 17.6 Å². The molecule has 0 spiro atoms. The van der Waals surface area contributed by atoms with Crippen LogP contribution in [-0.2, 0) is 13.0 Å². The molecule has 1 aliphatic carbocycles. The fourth-order valence-corrected chi connectivity index (χ4v) is 3.55. The molecule has 0 aliphatic heterocycles. The van der Waals surface area contributed by atoms with E-state index in [1.54, 1.807) is 6.07 Å². The first kappa shape index (κ1) is 16.7. The van der Waals surface area contributed by atoms with Crippen LogP contribution in [0.3, 0.4) is 0 Å².